The van der Waals surface area contributed by atoms with E-state index in [4.69, 9.17) is 4.74 Å². The lowest BCUT2D eigenvalue weighted by atomic mass is 9.75. The maximum atomic E-state index is 13.5. The first-order valence-electron chi connectivity index (χ1n) is 10.6. The number of carbonyl (C=O) groups excluding carboxylic acids is 2. The molecule has 0 spiro atoms. The molecule has 0 aliphatic carbocycles. The van der Waals surface area contributed by atoms with Crippen LogP contribution in [0.5, 0.6) is 0 Å². The Morgan fingerprint density at radius 2 is 1.41 bits per heavy atom. The van der Waals surface area contributed by atoms with E-state index in [9.17, 15) is 9.59 Å². The molecule has 0 saturated carbocycles. The molecule has 3 heteroatoms. The standard InChI is InChI=1S/C26H34O3/c1-6-7-8-12-19-29-24(28)26(5,22-13-10-9-11-14-22)23(27)20-15-17-21(18-16-20)25(2,3)4/h9-11,13-18H,6-8,12,19H2,1-5H3. The fourth-order valence-electron chi connectivity index (χ4n) is 3.36. The number of ether oxygens (including phenoxy) is 1. The van der Waals surface area contributed by atoms with E-state index in [2.05, 4.69) is 27.7 Å². The van der Waals surface area contributed by atoms with Crippen molar-refractivity contribution < 1.29 is 14.3 Å². The first-order valence-corrected chi connectivity index (χ1v) is 10.6. The van der Waals surface area contributed by atoms with Crippen LogP contribution in [0.1, 0.15) is 81.8 Å². The lowest BCUT2D eigenvalue weighted by molar-refractivity contribution is -0.148. The van der Waals surface area contributed by atoms with E-state index in [0.717, 1.165) is 31.2 Å². The van der Waals surface area contributed by atoms with Crippen molar-refractivity contribution in [2.75, 3.05) is 6.61 Å². The molecular weight excluding hydrogens is 360 g/mol. The molecule has 1 atom stereocenters. The number of hydrogen-bond acceptors (Lipinski definition) is 3. The molecule has 0 radical (unpaired) electrons. The molecule has 156 valence electrons. The summed E-state index contributed by atoms with van der Waals surface area (Å²) in [6.07, 6.45) is 4.08. The lowest BCUT2D eigenvalue weighted by Gasteiger charge is -2.27. The molecule has 29 heavy (non-hydrogen) atoms. The monoisotopic (exact) mass is 394 g/mol. The van der Waals surface area contributed by atoms with E-state index in [1.54, 1.807) is 6.92 Å². The predicted octanol–water partition coefficient (Wildman–Crippen LogP) is 6.25. The van der Waals surface area contributed by atoms with E-state index < -0.39 is 11.4 Å². The van der Waals surface area contributed by atoms with Gasteiger partial charge in [0.25, 0.3) is 0 Å². The smallest absolute Gasteiger partial charge is 0.324 e. The molecule has 2 rings (SSSR count). The van der Waals surface area contributed by atoms with Gasteiger partial charge in [-0.25, -0.2) is 0 Å². The van der Waals surface area contributed by atoms with Crippen LogP contribution in [0.3, 0.4) is 0 Å². The Kier molecular flexibility index (Phi) is 7.78. The molecular formula is C26H34O3. The molecule has 0 aliphatic rings. The summed E-state index contributed by atoms with van der Waals surface area (Å²) in [6, 6.07) is 16.8. The normalized spacial score (nSPS) is 13.6. The van der Waals surface area contributed by atoms with Gasteiger partial charge in [-0.15, -0.1) is 0 Å². The lowest BCUT2D eigenvalue weighted by Crippen LogP contribution is -2.42. The first-order chi connectivity index (χ1) is 13.7. The summed E-state index contributed by atoms with van der Waals surface area (Å²) < 4.78 is 5.57. The van der Waals surface area contributed by atoms with E-state index in [1.165, 1.54) is 0 Å². The molecule has 0 heterocycles. The maximum Gasteiger partial charge on any atom is 0.324 e. The van der Waals surface area contributed by atoms with Crippen molar-refractivity contribution in [1.82, 2.24) is 0 Å². The molecule has 0 aromatic heterocycles. The van der Waals surface area contributed by atoms with Gasteiger partial charge < -0.3 is 4.74 Å². The van der Waals surface area contributed by atoms with E-state index in [-0.39, 0.29) is 11.2 Å². The summed E-state index contributed by atoms with van der Waals surface area (Å²) in [4.78, 5) is 26.6. The minimum Gasteiger partial charge on any atom is -0.465 e. The van der Waals surface area contributed by atoms with Gasteiger partial charge in [-0.2, -0.15) is 0 Å². The highest BCUT2D eigenvalue weighted by Crippen LogP contribution is 2.31. The Labute approximate surface area is 175 Å². The minimum atomic E-state index is -1.37. The van der Waals surface area contributed by atoms with Crippen LogP contribution in [0.25, 0.3) is 0 Å². The molecule has 0 aliphatic heterocycles. The first kappa shape index (κ1) is 22.9. The van der Waals surface area contributed by atoms with Crippen molar-refractivity contribution in [2.45, 2.75) is 71.1 Å². The Balaban J connectivity index is 2.30. The topological polar surface area (TPSA) is 43.4 Å². The van der Waals surface area contributed by atoms with Gasteiger partial charge in [0.1, 0.15) is 0 Å². The van der Waals surface area contributed by atoms with Gasteiger partial charge in [0, 0.05) is 5.56 Å². The van der Waals surface area contributed by atoms with Gasteiger partial charge in [-0.1, -0.05) is 102 Å². The maximum absolute atomic E-state index is 13.5. The molecule has 0 fully saturated rings. The zero-order chi connectivity index (χ0) is 21.5. The predicted molar refractivity (Wildman–Crippen MR) is 118 cm³/mol. The van der Waals surface area contributed by atoms with Crippen LogP contribution in [-0.4, -0.2) is 18.4 Å². The van der Waals surface area contributed by atoms with Crippen molar-refractivity contribution in [3.63, 3.8) is 0 Å². The second-order valence-corrected chi connectivity index (χ2v) is 8.84. The third-order valence-corrected chi connectivity index (χ3v) is 5.46. The zero-order valence-electron chi connectivity index (χ0n) is 18.5. The molecule has 0 saturated heterocycles. The highest BCUT2D eigenvalue weighted by atomic mass is 16.5. The third kappa shape index (κ3) is 5.56. The number of unbranched alkanes of at least 4 members (excludes halogenated alkanes) is 3. The summed E-state index contributed by atoms with van der Waals surface area (Å²) in [7, 11) is 0. The average Bonchev–Trinajstić information content (AvgIpc) is 2.72. The fraction of sp³-hybridized carbons (Fsp3) is 0.462. The van der Waals surface area contributed by atoms with E-state index in [0.29, 0.717) is 17.7 Å². The number of carbonyl (C=O) groups is 2. The molecule has 0 amide bonds. The van der Waals surface area contributed by atoms with Crippen molar-refractivity contribution in [2.24, 2.45) is 0 Å². The van der Waals surface area contributed by atoms with Crippen LogP contribution in [0, 0.1) is 0 Å². The van der Waals surface area contributed by atoms with Crippen LogP contribution in [0.4, 0.5) is 0 Å². The highest BCUT2D eigenvalue weighted by molar-refractivity contribution is 6.16. The molecule has 0 bridgehead atoms. The number of ketones is 1. The van der Waals surface area contributed by atoms with Crippen molar-refractivity contribution >= 4 is 11.8 Å². The second-order valence-electron chi connectivity index (χ2n) is 8.84. The van der Waals surface area contributed by atoms with Crippen LogP contribution < -0.4 is 0 Å². The van der Waals surface area contributed by atoms with Gasteiger partial charge in [-0.3, -0.25) is 9.59 Å². The van der Waals surface area contributed by atoms with Crippen LogP contribution in [0.15, 0.2) is 54.6 Å². The molecule has 1 unspecified atom stereocenters. The summed E-state index contributed by atoms with van der Waals surface area (Å²) in [5, 5.41) is 0. The quantitative estimate of drug-likeness (QED) is 0.218. The number of Topliss-reactive ketones (excluding diaryl/α,β-unsaturated/α-hetero) is 1. The van der Waals surface area contributed by atoms with Crippen molar-refractivity contribution in [3.8, 4) is 0 Å². The summed E-state index contributed by atoms with van der Waals surface area (Å²) in [5.41, 5.74) is 0.960. The highest BCUT2D eigenvalue weighted by Gasteiger charge is 2.44. The summed E-state index contributed by atoms with van der Waals surface area (Å²) in [5.74, 6) is -0.715. The van der Waals surface area contributed by atoms with Crippen molar-refractivity contribution in [3.05, 3.63) is 71.3 Å². The van der Waals surface area contributed by atoms with Crippen molar-refractivity contribution in [1.29, 1.82) is 0 Å². The Morgan fingerprint density at radius 1 is 0.793 bits per heavy atom. The number of benzene rings is 2. The minimum absolute atomic E-state index is 0.00172. The Bertz CT molecular complexity index is 800. The molecule has 3 nitrogen and oxygen atoms in total. The average molecular weight is 395 g/mol. The van der Waals surface area contributed by atoms with Gasteiger partial charge in [-0.05, 0) is 29.9 Å². The number of hydrogen-bond donors (Lipinski definition) is 0. The second kappa shape index (κ2) is 9.87. The SMILES string of the molecule is CCCCCCOC(=O)C(C)(C(=O)c1ccc(C(C)(C)C)cc1)c1ccccc1. The Hall–Kier alpha value is -2.42. The van der Waals surface area contributed by atoms with Crippen LogP contribution in [0.2, 0.25) is 0 Å². The zero-order valence-corrected chi connectivity index (χ0v) is 18.5. The third-order valence-electron chi connectivity index (χ3n) is 5.46. The molecule has 2 aromatic rings. The van der Waals surface area contributed by atoms with Crippen LogP contribution >= 0.6 is 0 Å². The Morgan fingerprint density at radius 3 is 1.97 bits per heavy atom. The largest absolute Gasteiger partial charge is 0.465 e. The van der Waals surface area contributed by atoms with E-state index in [1.807, 2.05) is 54.6 Å². The van der Waals surface area contributed by atoms with Gasteiger partial charge >= 0.3 is 5.97 Å². The number of esters is 1. The molecule has 0 N–H and O–H groups in total. The van der Waals surface area contributed by atoms with Gasteiger partial charge in [0.2, 0.25) is 0 Å². The summed E-state index contributed by atoms with van der Waals surface area (Å²) in [6.45, 7) is 10.6. The van der Waals surface area contributed by atoms with Gasteiger partial charge in [0.15, 0.2) is 11.2 Å². The molecule has 2 aromatic carbocycles. The number of rotatable bonds is 9. The fourth-order valence-corrected chi connectivity index (χ4v) is 3.36. The van der Waals surface area contributed by atoms with Crippen LogP contribution in [-0.2, 0) is 20.4 Å². The summed E-state index contributed by atoms with van der Waals surface area (Å²) >= 11 is 0. The van der Waals surface area contributed by atoms with Gasteiger partial charge in [0.05, 0.1) is 6.61 Å². The van der Waals surface area contributed by atoms with E-state index >= 15 is 0 Å².